The minimum Gasteiger partial charge on any atom is -0.306 e. The lowest BCUT2D eigenvalue weighted by Gasteiger charge is -2.00. The number of hydrogen-bond acceptors (Lipinski definition) is 1. The Morgan fingerprint density at radius 2 is 2.00 bits per heavy atom. The average molecular weight is 224 g/mol. The molecule has 0 aliphatic rings. The van der Waals surface area contributed by atoms with Gasteiger partial charge in [0.15, 0.2) is 11.1 Å². The first kappa shape index (κ1) is 10.7. The van der Waals surface area contributed by atoms with Gasteiger partial charge >= 0.3 is 0 Å². The van der Waals surface area contributed by atoms with Gasteiger partial charge in [-0.2, -0.15) is 0 Å². The van der Waals surface area contributed by atoms with E-state index in [2.05, 4.69) is 0 Å². The van der Waals surface area contributed by atoms with Crippen LogP contribution in [0.1, 0.15) is 0 Å². The molecule has 0 aromatic rings. The molecule has 0 heterocycles. The Morgan fingerprint density at radius 1 is 1.50 bits per heavy atom. The molecule has 0 aromatic carbocycles. The maximum absolute atomic E-state index is 10.0. The van der Waals surface area contributed by atoms with Crippen LogP contribution in [0.25, 0.3) is 0 Å². The Kier molecular flexibility index (Phi) is 4.90. The van der Waals surface area contributed by atoms with Gasteiger partial charge in [0, 0.05) is 0 Å². The first-order valence-corrected chi connectivity index (χ1v) is 4.64. The third kappa shape index (κ3) is 8.72. The molecule has 1 atom stereocenters. The van der Waals surface area contributed by atoms with E-state index in [-0.39, 0.29) is 5.75 Å². The van der Waals surface area contributed by atoms with Crippen LogP contribution in [0.2, 0.25) is 0 Å². The van der Waals surface area contributed by atoms with Gasteiger partial charge in [0.1, 0.15) is 0 Å². The molecule has 6 heteroatoms. The number of alkyl halides is 3. The maximum atomic E-state index is 10.0. The van der Waals surface area contributed by atoms with Crippen molar-refractivity contribution in [1.29, 1.82) is 0 Å². The van der Waals surface area contributed by atoms with Gasteiger partial charge in [-0.3, -0.25) is 0 Å². The van der Waals surface area contributed by atoms with E-state index in [0.717, 1.165) is 0 Å². The van der Waals surface area contributed by atoms with Crippen molar-refractivity contribution in [3.05, 3.63) is 12.2 Å². The van der Waals surface area contributed by atoms with Gasteiger partial charge < -0.3 is 4.55 Å². The predicted octanol–water partition coefficient (Wildman–Crippen LogP) is 2.13. The smallest absolute Gasteiger partial charge is 0.209 e. The van der Waals surface area contributed by atoms with Crippen molar-refractivity contribution >= 4 is 45.9 Å². The SMILES string of the molecule is O=S(O)CC=CC(Cl)(Cl)Cl. The molecule has 0 bridgehead atoms. The third-order valence-corrected chi connectivity index (χ3v) is 1.40. The fraction of sp³-hybridized carbons (Fsp3) is 0.500. The summed E-state index contributed by atoms with van der Waals surface area (Å²) >= 11 is 14.0. The zero-order valence-electron chi connectivity index (χ0n) is 4.76. The van der Waals surface area contributed by atoms with Crippen molar-refractivity contribution in [2.75, 3.05) is 5.75 Å². The third-order valence-electron chi connectivity index (χ3n) is 0.546. The molecule has 0 radical (unpaired) electrons. The summed E-state index contributed by atoms with van der Waals surface area (Å²) in [4.78, 5) is 0. The van der Waals surface area contributed by atoms with E-state index in [0.29, 0.717) is 0 Å². The Bertz CT molecular complexity index is 151. The van der Waals surface area contributed by atoms with Crippen LogP contribution in [-0.4, -0.2) is 18.3 Å². The molecular formula is C4H5Cl3O2S. The van der Waals surface area contributed by atoms with Crippen molar-refractivity contribution in [3.8, 4) is 0 Å². The summed E-state index contributed by atoms with van der Waals surface area (Å²) < 4.78 is 16.8. The van der Waals surface area contributed by atoms with E-state index in [4.69, 9.17) is 39.4 Å². The summed E-state index contributed by atoms with van der Waals surface area (Å²) in [5.74, 6) is -0.0199. The van der Waals surface area contributed by atoms with Crippen molar-refractivity contribution in [2.45, 2.75) is 3.79 Å². The molecule has 1 unspecified atom stereocenters. The van der Waals surface area contributed by atoms with E-state index in [1.165, 1.54) is 12.2 Å². The van der Waals surface area contributed by atoms with Gasteiger partial charge in [0.2, 0.25) is 3.79 Å². The fourth-order valence-corrected chi connectivity index (χ4v) is 0.792. The summed E-state index contributed by atoms with van der Waals surface area (Å²) in [5, 5.41) is 0. The van der Waals surface area contributed by atoms with Crippen molar-refractivity contribution in [2.24, 2.45) is 0 Å². The quantitative estimate of drug-likeness (QED) is 0.442. The molecule has 10 heavy (non-hydrogen) atoms. The van der Waals surface area contributed by atoms with E-state index in [1.54, 1.807) is 0 Å². The minimum absolute atomic E-state index is 0.0199. The Morgan fingerprint density at radius 3 is 2.30 bits per heavy atom. The van der Waals surface area contributed by atoms with Crippen molar-refractivity contribution in [3.63, 3.8) is 0 Å². The highest BCUT2D eigenvalue weighted by Gasteiger charge is 2.13. The Labute approximate surface area is 76.4 Å². The number of allylic oxidation sites excluding steroid dienone is 1. The second-order valence-corrected chi connectivity index (χ2v) is 4.78. The first-order valence-electron chi connectivity index (χ1n) is 2.24. The van der Waals surface area contributed by atoms with Crippen molar-refractivity contribution in [1.82, 2.24) is 0 Å². The lowest BCUT2D eigenvalue weighted by atomic mass is 10.6. The van der Waals surface area contributed by atoms with Crippen LogP contribution in [-0.2, 0) is 11.1 Å². The zero-order valence-corrected chi connectivity index (χ0v) is 7.84. The molecule has 0 aromatic heterocycles. The highest BCUT2D eigenvalue weighted by atomic mass is 35.6. The normalized spacial score (nSPS) is 16.0. The zero-order chi connectivity index (χ0) is 8.20. The van der Waals surface area contributed by atoms with Crippen LogP contribution in [0.3, 0.4) is 0 Å². The van der Waals surface area contributed by atoms with Gasteiger partial charge in [0.25, 0.3) is 0 Å². The molecular weight excluding hydrogens is 218 g/mol. The highest BCUT2D eigenvalue weighted by Crippen LogP contribution is 2.26. The summed E-state index contributed by atoms with van der Waals surface area (Å²) in [5.41, 5.74) is 0. The van der Waals surface area contributed by atoms with Crippen LogP contribution in [0.4, 0.5) is 0 Å². The predicted molar refractivity (Wildman–Crippen MR) is 45.1 cm³/mol. The van der Waals surface area contributed by atoms with Gasteiger partial charge in [-0.25, -0.2) is 4.21 Å². The summed E-state index contributed by atoms with van der Waals surface area (Å²) in [6.07, 6.45) is 2.56. The molecule has 0 amide bonds. The molecule has 60 valence electrons. The van der Waals surface area contributed by atoms with E-state index < -0.39 is 14.9 Å². The Balaban J connectivity index is 3.67. The van der Waals surface area contributed by atoms with Gasteiger partial charge in [-0.05, 0) is 6.08 Å². The standard InChI is InChI=1S/C4H5Cl3O2S/c5-4(6,7)2-1-3-10(8)9/h1-2H,3H2,(H,8,9). The molecule has 0 saturated carbocycles. The molecule has 0 rings (SSSR count). The summed E-state index contributed by atoms with van der Waals surface area (Å²) in [7, 11) is 0. The minimum atomic E-state index is -1.86. The average Bonchev–Trinajstić information content (AvgIpc) is 1.59. The van der Waals surface area contributed by atoms with Crippen LogP contribution in [0.15, 0.2) is 12.2 Å². The molecule has 0 saturated heterocycles. The second kappa shape index (κ2) is 4.57. The lowest BCUT2D eigenvalue weighted by Crippen LogP contribution is -1.97. The van der Waals surface area contributed by atoms with Crippen molar-refractivity contribution < 1.29 is 8.76 Å². The highest BCUT2D eigenvalue weighted by molar-refractivity contribution is 7.79. The first-order chi connectivity index (χ1) is 4.42. The molecule has 0 aliphatic carbocycles. The van der Waals surface area contributed by atoms with Crippen LogP contribution >= 0.6 is 34.8 Å². The van der Waals surface area contributed by atoms with Gasteiger partial charge in [-0.1, -0.05) is 40.9 Å². The maximum Gasteiger partial charge on any atom is 0.209 e. The van der Waals surface area contributed by atoms with Crippen LogP contribution < -0.4 is 0 Å². The Hall–Kier alpha value is 0.720. The molecule has 0 spiro atoms. The molecule has 2 nitrogen and oxygen atoms in total. The number of halogens is 3. The van der Waals surface area contributed by atoms with Gasteiger partial charge in [0.05, 0.1) is 5.75 Å². The molecule has 1 N–H and O–H groups in total. The summed E-state index contributed by atoms with van der Waals surface area (Å²) in [6, 6.07) is 0. The number of hydrogen-bond donors (Lipinski definition) is 1. The fourth-order valence-electron chi connectivity index (χ4n) is 0.264. The monoisotopic (exact) mass is 222 g/mol. The topological polar surface area (TPSA) is 37.3 Å². The molecule has 0 aliphatic heterocycles. The molecule has 0 fully saturated rings. The number of rotatable bonds is 2. The van der Waals surface area contributed by atoms with E-state index in [9.17, 15) is 4.21 Å². The van der Waals surface area contributed by atoms with Gasteiger partial charge in [-0.15, -0.1) is 0 Å². The van der Waals surface area contributed by atoms with E-state index in [1.807, 2.05) is 0 Å². The van der Waals surface area contributed by atoms with Crippen LogP contribution in [0, 0.1) is 0 Å². The van der Waals surface area contributed by atoms with E-state index >= 15 is 0 Å². The largest absolute Gasteiger partial charge is 0.306 e. The second-order valence-electron chi connectivity index (χ2n) is 1.43. The van der Waals surface area contributed by atoms with Crippen LogP contribution in [0.5, 0.6) is 0 Å². The summed E-state index contributed by atoms with van der Waals surface area (Å²) in [6.45, 7) is 0. The lowest BCUT2D eigenvalue weighted by molar-refractivity contribution is 0.567.